The first kappa shape index (κ1) is 18.7. The van der Waals surface area contributed by atoms with Crippen LogP contribution in [0.4, 0.5) is 0 Å². The van der Waals surface area contributed by atoms with E-state index >= 15 is 0 Å². The fraction of sp³-hybridized carbons (Fsp3) is 0.895. The predicted octanol–water partition coefficient (Wildman–Crippen LogP) is 7.29. The molecule has 0 N–H and O–H groups in total. The monoisotopic (exact) mass is 266 g/mol. The van der Waals surface area contributed by atoms with Crippen LogP contribution in [0.3, 0.4) is 0 Å². The lowest BCUT2D eigenvalue weighted by Gasteiger charge is -2.10. The minimum absolute atomic E-state index is 0.950. The summed E-state index contributed by atoms with van der Waals surface area (Å²) in [5.74, 6) is 0.950. The molecular weight excluding hydrogens is 228 g/mol. The van der Waals surface area contributed by atoms with Gasteiger partial charge in [-0.05, 0) is 25.2 Å². The van der Waals surface area contributed by atoms with Crippen molar-refractivity contribution < 1.29 is 0 Å². The third-order valence-corrected chi connectivity index (χ3v) is 4.01. The Morgan fingerprint density at radius 3 is 1.79 bits per heavy atom. The summed E-state index contributed by atoms with van der Waals surface area (Å²) in [6.07, 6.45) is 22.9. The average Bonchev–Trinajstić information content (AvgIpc) is 2.41. The van der Waals surface area contributed by atoms with Crippen LogP contribution in [0, 0.1) is 5.92 Å². The molecule has 1 atom stereocenters. The Balaban J connectivity index is 3.19. The second-order valence-corrected chi connectivity index (χ2v) is 6.21. The van der Waals surface area contributed by atoms with Crippen molar-refractivity contribution in [1.82, 2.24) is 0 Å². The molecule has 0 spiro atoms. The van der Waals surface area contributed by atoms with E-state index in [9.17, 15) is 0 Å². The molecule has 0 rings (SSSR count). The fourth-order valence-electron chi connectivity index (χ4n) is 2.55. The minimum atomic E-state index is 0.950. The number of unbranched alkanes of at least 4 members (excludes halogenated alkanes) is 8. The van der Waals surface area contributed by atoms with Gasteiger partial charge in [-0.3, -0.25) is 0 Å². The molecule has 0 heteroatoms. The van der Waals surface area contributed by atoms with Gasteiger partial charge in [-0.15, -0.1) is 0 Å². The SMILES string of the molecule is CCCCC=CCCCCC(C)CCCCCCC. The van der Waals surface area contributed by atoms with Crippen LogP contribution >= 0.6 is 0 Å². The van der Waals surface area contributed by atoms with Crippen LogP contribution in [0.25, 0.3) is 0 Å². The van der Waals surface area contributed by atoms with E-state index in [4.69, 9.17) is 0 Å². The smallest absolute Gasteiger partial charge is 0.0351 e. The van der Waals surface area contributed by atoms with Gasteiger partial charge >= 0.3 is 0 Å². The maximum absolute atomic E-state index is 2.44. The van der Waals surface area contributed by atoms with E-state index < -0.39 is 0 Å². The second kappa shape index (κ2) is 15.8. The van der Waals surface area contributed by atoms with Crippen LogP contribution in [-0.4, -0.2) is 0 Å². The summed E-state index contributed by atoms with van der Waals surface area (Å²) in [6.45, 7) is 6.99. The van der Waals surface area contributed by atoms with Gasteiger partial charge in [0.1, 0.15) is 0 Å². The van der Waals surface area contributed by atoms with Crippen molar-refractivity contribution in [2.75, 3.05) is 0 Å². The molecular formula is C19H38. The van der Waals surface area contributed by atoms with Crippen molar-refractivity contribution in [3.05, 3.63) is 12.2 Å². The van der Waals surface area contributed by atoms with Gasteiger partial charge in [0, 0.05) is 0 Å². The third-order valence-electron chi connectivity index (χ3n) is 4.01. The van der Waals surface area contributed by atoms with E-state index in [-0.39, 0.29) is 0 Å². The summed E-state index contributed by atoms with van der Waals surface area (Å²) >= 11 is 0. The quantitative estimate of drug-likeness (QED) is 0.229. The molecule has 0 saturated carbocycles. The van der Waals surface area contributed by atoms with Gasteiger partial charge in [0.2, 0.25) is 0 Å². The molecule has 0 aliphatic carbocycles. The summed E-state index contributed by atoms with van der Waals surface area (Å²) in [6, 6.07) is 0. The number of hydrogen-bond donors (Lipinski definition) is 0. The molecule has 114 valence electrons. The summed E-state index contributed by atoms with van der Waals surface area (Å²) in [4.78, 5) is 0. The van der Waals surface area contributed by atoms with Crippen molar-refractivity contribution in [2.24, 2.45) is 5.92 Å². The van der Waals surface area contributed by atoms with Crippen LogP contribution in [-0.2, 0) is 0 Å². The van der Waals surface area contributed by atoms with Crippen LogP contribution in [0.15, 0.2) is 12.2 Å². The highest BCUT2D eigenvalue weighted by Gasteiger charge is 2.01. The van der Waals surface area contributed by atoms with Gasteiger partial charge in [-0.2, -0.15) is 0 Å². The van der Waals surface area contributed by atoms with E-state index in [1.807, 2.05) is 0 Å². The van der Waals surface area contributed by atoms with Gasteiger partial charge in [0.15, 0.2) is 0 Å². The van der Waals surface area contributed by atoms with E-state index in [0.29, 0.717) is 0 Å². The maximum Gasteiger partial charge on any atom is -0.0351 e. The molecule has 0 heterocycles. The second-order valence-electron chi connectivity index (χ2n) is 6.21. The topological polar surface area (TPSA) is 0 Å². The van der Waals surface area contributed by atoms with Crippen molar-refractivity contribution in [3.63, 3.8) is 0 Å². The normalized spacial score (nSPS) is 13.2. The first-order valence-corrected chi connectivity index (χ1v) is 8.96. The largest absolute Gasteiger partial charge is 0.0885 e. The number of allylic oxidation sites excluding steroid dienone is 2. The maximum atomic E-state index is 2.44. The van der Waals surface area contributed by atoms with Crippen molar-refractivity contribution in [1.29, 1.82) is 0 Å². The van der Waals surface area contributed by atoms with Crippen molar-refractivity contribution >= 4 is 0 Å². The van der Waals surface area contributed by atoms with Gasteiger partial charge in [0.25, 0.3) is 0 Å². The lowest BCUT2D eigenvalue weighted by atomic mass is 9.96. The Labute approximate surface area is 123 Å². The molecule has 0 amide bonds. The number of hydrogen-bond acceptors (Lipinski definition) is 0. The Hall–Kier alpha value is -0.260. The highest BCUT2D eigenvalue weighted by molar-refractivity contribution is 4.81. The summed E-state index contributed by atoms with van der Waals surface area (Å²) in [7, 11) is 0. The van der Waals surface area contributed by atoms with Gasteiger partial charge < -0.3 is 0 Å². The Bertz CT molecular complexity index is 180. The summed E-state index contributed by atoms with van der Waals surface area (Å²) < 4.78 is 0. The van der Waals surface area contributed by atoms with Crippen molar-refractivity contribution in [2.45, 2.75) is 104 Å². The first-order chi connectivity index (χ1) is 9.31. The van der Waals surface area contributed by atoms with Crippen LogP contribution in [0.1, 0.15) is 104 Å². The Morgan fingerprint density at radius 1 is 0.632 bits per heavy atom. The highest BCUT2D eigenvalue weighted by atomic mass is 14.1. The van der Waals surface area contributed by atoms with Crippen LogP contribution in [0.5, 0.6) is 0 Å². The predicted molar refractivity (Wildman–Crippen MR) is 89.7 cm³/mol. The molecule has 1 unspecified atom stereocenters. The molecule has 0 aliphatic rings. The fourth-order valence-corrected chi connectivity index (χ4v) is 2.55. The Kier molecular flexibility index (Phi) is 15.6. The molecule has 19 heavy (non-hydrogen) atoms. The summed E-state index contributed by atoms with van der Waals surface area (Å²) in [5, 5.41) is 0. The van der Waals surface area contributed by atoms with Crippen LogP contribution < -0.4 is 0 Å². The highest BCUT2D eigenvalue weighted by Crippen LogP contribution is 2.17. The molecule has 0 fully saturated rings. The van der Waals surface area contributed by atoms with Gasteiger partial charge in [-0.25, -0.2) is 0 Å². The van der Waals surface area contributed by atoms with Gasteiger partial charge in [0.05, 0.1) is 0 Å². The Morgan fingerprint density at radius 2 is 1.16 bits per heavy atom. The lowest BCUT2D eigenvalue weighted by molar-refractivity contribution is 0.439. The van der Waals surface area contributed by atoms with Crippen molar-refractivity contribution in [3.8, 4) is 0 Å². The van der Waals surface area contributed by atoms with Gasteiger partial charge in [-0.1, -0.05) is 97.1 Å². The molecule has 0 aromatic carbocycles. The van der Waals surface area contributed by atoms with E-state index in [1.54, 1.807) is 0 Å². The molecule has 0 aromatic rings. The molecule has 0 bridgehead atoms. The molecule has 0 saturated heterocycles. The molecule has 0 nitrogen and oxygen atoms in total. The zero-order valence-electron chi connectivity index (χ0n) is 13.9. The van der Waals surface area contributed by atoms with E-state index in [2.05, 4.69) is 32.9 Å². The van der Waals surface area contributed by atoms with Crippen LogP contribution in [0.2, 0.25) is 0 Å². The minimum Gasteiger partial charge on any atom is -0.0885 e. The van der Waals surface area contributed by atoms with E-state index in [1.165, 1.54) is 83.5 Å². The summed E-state index contributed by atoms with van der Waals surface area (Å²) in [5.41, 5.74) is 0. The molecule has 0 aliphatic heterocycles. The molecule has 0 aromatic heterocycles. The third kappa shape index (κ3) is 15.7. The van der Waals surface area contributed by atoms with E-state index in [0.717, 1.165) is 5.92 Å². The zero-order valence-corrected chi connectivity index (χ0v) is 13.9. The standard InChI is InChI=1S/C19H38/c1-4-6-8-10-11-12-14-16-18-19(3)17-15-13-9-7-5-2/h10-11,19H,4-9,12-18H2,1-3H3. The average molecular weight is 267 g/mol. The first-order valence-electron chi connectivity index (χ1n) is 8.96. The zero-order chi connectivity index (χ0) is 14.2. The number of rotatable bonds is 14. The molecule has 0 radical (unpaired) electrons. The lowest BCUT2D eigenvalue weighted by Crippen LogP contribution is -1.94.